The van der Waals surface area contributed by atoms with Crippen molar-refractivity contribution in [3.05, 3.63) is 65.9 Å². The molecule has 2 saturated heterocycles. The van der Waals surface area contributed by atoms with E-state index in [0.717, 1.165) is 44.0 Å². The van der Waals surface area contributed by atoms with Gasteiger partial charge in [0, 0.05) is 63.4 Å². The van der Waals surface area contributed by atoms with E-state index in [0.29, 0.717) is 6.54 Å². The number of rotatable bonds is 5. The van der Waals surface area contributed by atoms with Crippen molar-refractivity contribution >= 4 is 16.9 Å². The maximum Gasteiger partial charge on any atom is 0.320 e. The van der Waals surface area contributed by atoms with Crippen molar-refractivity contribution in [1.82, 2.24) is 19.3 Å². The molecule has 2 aromatic carbocycles. The third-order valence-corrected chi connectivity index (χ3v) is 6.42. The number of nitrogens with zero attached hydrogens (tertiary/aromatic N) is 4. The third kappa shape index (κ3) is 3.41. The molecule has 30 heavy (non-hydrogen) atoms. The maximum atomic E-state index is 12.9. The molecule has 3 heterocycles. The number of amides is 2. The van der Waals surface area contributed by atoms with Crippen molar-refractivity contribution in [2.24, 2.45) is 7.05 Å². The van der Waals surface area contributed by atoms with E-state index < -0.39 is 0 Å². The van der Waals surface area contributed by atoms with Crippen LogP contribution in [0.2, 0.25) is 0 Å². The molecule has 6 nitrogen and oxygen atoms in total. The minimum absolute atomic E-state index is 0.167. The van der Waals surface area contributed by atoms with Crippen LogP contribution in [-0.4, -0.2) is 64.6 Å². The van der Waals surface area contributed by atoms with Crippen molar-refractivity contribution in [1.29, 1.82) is 0 Å². The fourth-order valence-corrected chi connectivity index (χ4v) is 4.86. The summed E-state index contributed by atoms with van der Waals surface area (Å²) in [5.74, 6) is 0.841. The van der Waals surface area contributed by atoms with Crippen LogP contribution in [0.5, 0.6) is 5.75 Å². The Morgan fingerprint density at radius 1 is 1.00 bits per heavy atom. The summed E-state index contributed by atoms with van der Waals surface area (Å²) >= 11 is 0. The van der Waals surface area contributed by atoms with Crippen molar-refractivity contribution in [2.75, 3.05) is 33.3 Å². The van der Waals surface area contributed by atoms with E-state index >= 15 is 0 Å². The number of aryl methyl sites for hydroxylation is 1. The van der Waals surface area contributed by atoms with Crippen LogP contribution in [0.15, 0.2) is 54.7 Å². The number of methoxy groups -OCH3 is 1. The summed E-state index contributed by atoms with van der Waals surface area (Å²) in [6, 6.07) is 17.0. The van der Waals surface area contributed by atoms with E-state index in [1.165, 1.54) is 16.5 Å². The van der Waals surface area contributed by atoms with Crippen molar-refractivity contribution in [3.8, 4) is 5.75 Å². The Labute approximate surface area is 177 Å². The van der Waals surface area contributed by atoms with E-state index in [4.69, 9.17) is 4.74 Å². The number of carbonyl (C=O) groups excluding carboxylic acids is 1. The van der Waals surface area contributed by atoms with Crippen LogP contribution < -0.4 is 4.74 Å². The number of fused-ring (bicyclic) bond motifs is 2. The predicted octanol–water partition coefficient (Wildman–Crippen LogP) is 3.31. The number of piperazine rings is 1. The molecule has 0 saturated carbocycles. The fourth-order valence-electron chi connectivity index (χ4n) is 4.86. The first kappa shape index (κ1) is 19.0. The topological polar surface area (TPSA) is 41.0 Å². The van der Waals surface area contributed by atoms with Gasteiger partial charge in [-0.15, -0.1) is 0 Å². The largest absolute Gasteiger partial charge is 0.497 e. The van der Waals surface area contributed by atoms with Gasteiger partial charge in [0.25, 0.3) is 0 Å². The van der Waals surface area contributed by atoms with Crippen molar-refractivity contribution in [2.45, 2.75) is 19.1 Å². The lowest BCUT2D eigenvalue weighted by Gasteiger charge is -2.36. The average molecular weight is 405 g/mol. The molecular formula is C24H28N4O2. The Kier molecular flexibility index (Phi) is 4.87. The SMILES string of the molecule is COc1ccc(CN2CC3CN(Cc4cn(C)c5ccccc45)CCN3C2=O)cc1. The molecule has 2 amide bonds. The summed E-state index contributed by atoms with van der Waals surface area (Å²) < 4.78 is 7.44. The van der Waals surface area contributed by atoms with Crippen LogP contribution >= 0.6 is 0 Å². The van der Waals surface area contributed by atoms with E-state index in [2.05, 4.69) is 51.9 Å². The highest BCUT2D eigenvalue weighted by Crippen LogP contribution is 2.26. The van der Waals surface area contributed by atoms with E-state index in [-0.39, 0.29) is 12.1 Å². The van der Waals surface area contributed by atoms with Gasteiger partial charge in [0.15, 0.2) is 0 Å². The Morgan fingerprint density at radius 2 is 1.80 bits per heavy atom. The second-order valence-corrected chi connectivity index (χ2v) is 8.38. The van der Waals surface area contributed by atoms with Crippen LogP contribution in [0.1, 0.15) is 11.1 Å². The number of hydrogen-bond donors (Lipinski definition) is 0. The molecule has 2 aliphatic heterocycles. The highest BCUT2D eigenvalue weighted by atomic mass is 16.5. The van der Waals surface area contributed by atoms with Gasteiger partial charge in [-0.25, -0.2) is 4.79 Å². The lowest BCUT2D eigenvalue weighted by atomic mass is 10.1. The fraction of sp³-hybridized carbons (Fsp3) is 0.375. The molecular weight excluding hydrogens is 376 g/mol. The molecule has 0 bridgehead atoms. The average Bonchev–Trinajstić information content (AvgIpc) is 3.25. The van der Waals surface area contributed by atoms with Gasteiger partial charge < -0.3 is 19.1 Å². The summed E-state index contributed by atoms with van der Waals surface area (Å²) in [5, 5.41) is 1.33. The van der Waals surface area contributed by atoms with Gasteiger partial charge in [-0.1, -0.05) is 30.3 Å². The quantitative estimate of drug-likeness (QED) is 0.655. The number of ether oxygens (including phenoxy) is 1. The van der Waals surface area contributed by atoms with Gasteiger partial charge in [-0.3, -0.25) is 4.90 Å². The Hall–Kier alpha value is -2.99. The minimum atomic E-state index is 0.167. The number of benzene rings is 2. The minimum Gasteiger partial charge on any atom is -0.497 e. The van der Waals surface area contributed by atoms with E-state index in [1.807, 2.05) is 29.2 Å². The first-order valence-electron chi connectivity index (χ1n) is 10.6. The molecule has 156 valence electrons. The summed E-state index contributed by atoms with van der Waals surface area (Å²) in [4.78, 5) is 19.4. The van der Waals surface area contributed by atoms with Gasteiger partial charge in [-0.05, 0) is 29.3 Å². The van der Waals surface area contributed by atoms with E-state index in [9.17, 15) is 4.79 Å². The third-order valence-electron chi connectivity index (χ3n) is 6.42. The summed E-state index contributed by atoms with van der Waals surface area (Å²) in [6.07, 6.45) is 2.24. The van der Waals surface area contributed by atoms with Gasteiger partial charge in [0.05, 0.1) is 13.2 Å². The number of carbonyl (C=O) groups is 1. The number of para-hydroxylation sites is 1. The molecule has 2 fully saturated rings. The van der Waals surface area contributed by atoms with Crippen LogP contribution in [0.25, 0.3) is 10.9 Å². The second-order valence-electron chi connectivity index (χ2n) is 8.38. The number of hydrogen-bond acceptors (Lipinski definition) is 3. The first-order valence-corrected chi connectivity index (χ1v) is 10.6. The zero-order chi connectivity index (χ0) is 20.7. The lowest BCUT2D eigenvalue weighted by Crippen LogP contribution is -2.51. The van der Waals surface area contributed by atoms with E-state index in [1.54, 1.807) is 7.11 Å². The Balaban J connectivity index is 1.25. The van der Waals surface area contributed by atoms with Gasteiger partial charge in [-0.2, -0.15) is 0 Å². The summed E-state index contributed by atoms with van der Waals surface area (Å²) in [6.45, 7) is 5.01. The zero-order valence-electron chi connectivity index (χ0n) is 17.6. The maximum absolute atomic E-state index is 12.9. The number of urea groups is 1. The normalized spacial score (nSPS) is 19.5. The molecule has 1 atom stereocenters. The van der Waals surface area contributed by atoms with Crippen LogP contribution in [0, 0.1) is 0 Å². The molecule has 0 spiro atoms. The first-order chi connectivity index (χ1) is 14.6. The molecule has 0 N–H and O–H groups in total. The smallest absolute Gasteiger partial charge is 0.320 e. The number of aromatic nitrogens is 1. The monoisotopic (exact) mass is 404 g/mol. The predicted molar refractivity (Wildman–Crippen MR) is 117 cm³/mol. The highest BCUT2D eigenvalue weighted by Gasteiger charge is 2.40. The summed E-state index contributed by atoms with van der Waals surface area (Å²) in [5.41, 5.74) is 3.77. The van der Waals surface area contributed by atoms with Gasteiger partial charge >= 0.3 is 6.03 Å². The molecule has 1 unspecified atom stereocenters. The van der Waals surface area contributed by atoms with Crippen LogP contribution in [-0.2, 0) is 20.1 Å². The van der Waals surface area contributed by atoms with Crippen molar-refractivity contribution < 1.29 is 9.53 Å². The van der Waals surface area contributed by atoms with Gasteiger partial charge in [0.2, 0.25) is 0 Å². The molecule has 2 aliphatic rings. The van der Waals surface area contributed by atoms with Crippen LogP contribution in [0.3, 0.4) is 0 Å². The van der Waals surface area contributed by atoms with Crippen molar-refractivity contribution in [3.63, 3.8) is 0 Å². The Bertz CT molecular complexity index is 1060. The second kappa shape index (κ2) is 7.69. The molecule has 3 aromatic rings. The lowest BCUT2D eigenvalue weighted by molar-refractivity contribution is 0.116. The Morgan fingerprint density at radius 3 is 2.60 bits per heavy atom. The standard InChI is InChI=1S/C24H28N4O2/c1-25-14-19(22-5-3-4-6-23(22)25)15-26-11-12-28-20(16-26)17-27(24(28)29)13-18-7-9-21(30-2)10-8-18/h3-10,14,20H,11-13,15-17H2,1-2H3. The molecule has 5 rings (SSSR count). The van der Waals surface area contributed by atoms with Crippen LogP contribution in [0.4, 0.5) is 4.79 Å². The zero-order valence-corrected chi connectivity index (χ0v) is 17.6. The van der Waals surface area contributed by atoms with Gasteiger partial charge in [0.1, 0.15) is 5.75 Å². The molecule has 1 aromatic heterocycles. The molecule has 0 aliphatic carbocycles. The molecule has 0 radical (unpaired) electrons. The molecule has 6 heteroatoms. The summed E-state index contributed by atoms with van der Waals surface area (Å²) in [7, 11) is 3.78. The highest BCUT2D eigenvalue weighted by molar-refractivity contribution is 5.83.